The van der Waals surface area contributed by atoms with Gasteiger partial charge >= 0.3 is 12.1 Å². The van der Waals surface area contributed by atoms with Gasteiger partial charge in [-0.3, -0.25) is 14.6 Å². The van der Waals surface area contributed by atoms with Crippen LogP contribution in [0.15, 0.2) is 48.7 Å². The smallest absolute Gasteiger partial charge is 0.475 e. The molecule has 0 atom stereocenters. The molecular weight excluding hydrogens is 517 g/mol. The molecule has 3 aromatic rings. The Labute approximate surface area is 221 Å². The minimum absolute atomic E-state index is 0.0598. The number of nitrogens with zero attached hydrogens (tertiary/aromatic N) is 2. The molecule has 4 heterocycles. The molecule has 5 rings (SSSR count). The zero-order valence-corrected chi connectivity index (χ0v) is 21.0. The van der Waals surface area contributed by atoms with E-state index in [1.165, 1.54) is 13.8 Å². The summed E-state index contributed by atoms with van der Waals surface area (Å²) in [7, 11) is 0. The number of aromatic amines is 1. The quantitative estimate of drug-likeness (QED) is 0.399. The van der Waals surface area contributed by atoms with Crippen LogP contribution >= 0.6 is 0 Å². The Morgan fingerprint density at radius 2 is 1.79 bits per heavy atom. The van der Waals surface area contributed by atoms with Crippen LogP contribution in [0.3, 0.4) is 0 Å². The number of halogens is 3. The number of alkyl halides is 3. The highest BCUT2D eigenvalue weighted by Gasteiger charge is 2.38. The Hall–Kier alpha value is -4.45. The van der Waals surface area contributed by atoms with Crippen LogP contribution in [0, 0.1) is 0 Å². The van der Waals surface area contributed by atoms with Gasteiger partial charge in [0.05, 0.1) is 23.5 Å². The van der Waals surface area contributed by atoms with Crippen molar-refractivity contribution in [2.24, 2.45) is 0 Å². The first-order valence-corrected chi connectivity index (χ1v) is 11.9. The summed E-state index contributed by atoms with van der Waals surface area (Å²) < 4.78 is 31.7. The first kappa shape index (κ1) is 27.6. The lowest BCUT2D eigenvalue weighted by atomic mass is 9.97. The van der Waals surface area contributed by atoms with Crippen LogP contribution in [0.4, 0.5) is 18.9 Å². The fourth-order valence-corrected chi connectivity index (χ4v) is 4.23. The Balaban J connectivity index is 0.000000448. The molecule has 0 radical (unpaired) electrons. The van der Waals surface area contributed by atoms with Gasteiger partial charge in [-0.05, 0) is 55.3 Å². The Bertz CT molecular complexity index is 1470. The van der Waals surface area contributed by atoms with E-state index in [9.17, 15) is 27.9 Å². The number of aliphatic hydroxyl groups is 1. The second-order valence-corrected chi connectivity index (χ2v) is 9.49. The van der Waals surface area contributed by atoms with E-state index in [0.29, 0.717) is 18.7 Å². The third-order valence-electron chi connectivity index (χ3n) is 6.10. The molecular formula is C27H25F3N4O5. The SMILES string of the molecule is CC(C)(O)C(=O)N1CC(c2cc(-c3cc4c([nH]3)CCNC4=O)ccn2)=Cc2ccccc21.O=C(O)C(F)(F)F. The predicted molar refractivity (Wildman–Crippen MR) is 137 cm³/mol. The van der Waals surface area contributed by atoms with Gasteiger partial charge in [0.1, 0.15) is 5.60 Å². The van der Waals surface area contributed by atoms with Crippen LogP contribution in [-0.4, -0.2) is 62.8 Å². The van der Waals surface area contributed by atoms with E-state index in [4.69, 9.17) is 9.90 Å². The van der Waals surface area contributed by atoms with E-state index in [2.05, 4.69) is 15.3 Å². The van der Waals surface area contributed by atoms with Crippen LogP contribution in [0.5, 0.6) is 0 Å². The van der Waals surface area contributed by atoms with Crippen molar-refractivity contribution >= 4 is 35.1 Å². The lowest BCUT2D eigenvalue weighted by Crippen LogP contribution is -2.47. The number of carboxylic acids is 1. The Morgan fingerprint density at radius 3 is 2.44 bits per heavy atom. The third kappa shape index (κ3) is 6.01. The molecule has 0 fully saturated rings. The number of H-pyrrole nitrogens is 1. The summed E-state index contributed by atoms with van der Waals surface area (Å²) in [6.07, 6.45) is -0.550. The van der Waals surface area contributed by atoms with Crippen LogP contribution in [0.2, 0.25) is 0 Å². The minimum atomic E-state index is -5.08. The summed E-state index contributed by atoms with van der Waals surface area (Å²) in [6, 6.07) is 13.4. The van der Waals surface area contributed by atoms with E-state index < -0.39 is 17.7 Å². The molecule has 0 spiro atoms. The van der Waals surface area contributed by atoms with Gasteiger partial charge in [-0.15, -0.1) is 0 Å². The van der Waals surface area contributed by atoms with Gasteiger partial charge in [0, 0.05) is 36.1 Å². The van der Waals surface area contributed by atoms with Crippen molar-refractivity contribution in [1.29, 1.82) is 0 Å². The van der Waals surface area contributed by atoms with Gasteiger partial charge in [0.25, 0.3) is 11.8 Å². The molecule has 204 valence electrons. The average Bonchev–Trinajstić information content (AvgIpc) is 3.33. The Kier molecular flexibility index (Phi) is 7.33. The van der Waals surface area contributed by atoms with Gasteiger partial charge < -0.3 is 25.4 Å². The van der Waals surface area contributed by atoms with E-state index >= 15 is 0 Å². The summed E-state index contributed by atoms with van der Waals surface area (Å²) in [5.74, 6) is -3.18. The fourth-order valence-electron chi connectivity index (χ4n) is 4.23. The lowest BCUT2D eigenvalue weighted by molar-refractivity contribution is -0.192. The van der Waals surface area contributed by atoms with Crippen molar-refractivity contribution < 1.29 is 37.8 Å². The van der Waals surface area contributed by atoms with E-state index in [1.54, 1.807) is 11.1 Å². The van der Waals surface area contributed by atoms with Crippen molar-refractivity contribution in [3.8, 4) is 11.3 Å². The standard InChI is InChI=1S/C25H24N4O3.C2HF3O2/c1-25(2,32)24(31)29-14-17(11-16-5-3-4-6-22(16)29)20-12-15(7-9-26-20)21-13-18-19(28-21)8-10-27-23(18)30;3-2(4,5)1(6)7/h3-7,9,11-13,28,32H,8,10,14H2,1-2H3,(H,27,30);(H,6,7). The minimum Gasteiger partial charge on any atom is -0.475 e. The van der Waals surface area contributed by atoms with Crippen LogP contribution < -0.4 is 10.2 Å². The lowest BCUT2D eigenvalue weighted by Gasteiger charge is -2.33. The van der Waals surface area contributed by atoms with Gasteiger partial charge in [-0.1, -0.05) is 18.2 Å². The summed E-state index contributed by atoms with van der Waals surface area (Å²) in [6.45, 7) is 3.93. The molecule has 2 amide bonds. The van der Waals surface area contributed by atoms with Crippen LogP contribution in [0.25, 0.3) is 22.9 Å². The van der Waals surface area contributed by atoms with E-state index in [0.717, 1.165) is 45.9 Å². The topological polar surface area (TPSA) is 136 Å². The van der Waals surface area contributed by atoms with Crippen molar-refractivity contribution in [2.75, 3.05) is 18.0 Å². The van der Waals surface area contributed by atoms with Crippen molar-refractivity contribution in [3.05, 3.63) is 71.2 Å². The molecule has 0 bridgehead atoms. The highest BCUT2D eigenvalue weighted by molar-refractivity contribution is 6.06. The predicted octanol–water partition coefficient (Wildman–Crippen LogP) is 3.65. The molecule has 2 aliphatic heterocycles. The zero-order valence-electron chi connectivity index (χ0n) is 21.0. The number of fused-ring (bicyclic) bond motifs is 2. The fraction of sp³-hybridized carbons (Fsp3) is 0.259. The molecule has 0 saturated carbocycles. The van der Waals surface area contributed by atoms with Crippen LogP contribution in [-0.2, 0) is 16.0 Å². The number of aliphatic carboxylic acids is 1. The molecule has 2 aliphatic rings. The van der Waals surface area contributed by atoms with E-state index in [-0.39, 0.29) is 11.8 Å². The second-order valence-electron chi connectivity index (χ2n) is 9.49. The Morgan fingerprint density at radius 1 is 1.10 bits per heavy atom. The highest BCUT2D eigenvalue weighted by Crippen LogP contribution is 2.34. The highest BCUT2D eigenvalue weighted by atomic mass is 19.4. The number of nitrogens with one attached hydrogen (secondary N) is 2. The van der Waals surface area contributed by atoms with Crippen molar-refractivity contribution in [3.63, 3.8) is 0 Å². The number of amides is 2. The number of carbonyl (C=O) groups excluding carboxylic acids is 2. The molecule has 2 aromatic heterocycles. The first-order valence-electron chi connectivity index (χ1n) is 11.9. The molecule has 9 nitrogen and oxygen atoms in total. The molecule has 1 aromatic carbocycles. The van der Waals surface area contributed by atoms with Crippen molar-refractivity contribution in [1.82, 2.24) is 15.3 Å². The maximum absolute atomic E-state index is 13.0. The number of rotatable bonds is 3. The third-order valence-corrected chi connectivity index (χ3v) is 6.10. The van der Waals surface area contributed by atoms with Crippen molar-refractivity contribution in [2.45, 2.75) is 32.0 Å². The summed E-state index contributed by atoms with van der Waals surface area (Å²) in [5, 5.41) is 20.3. The number of anilines is 1. The maximum atomic E-state index is 13.0. The van der Waals surface area contributed by atoms with Gasteiger partial charge in [0.15, 0.2) is 0 Å². The number of hydrogen-bond acceptors (Lipinski definition) is 5. The van der Waals surface area contributed by atoms with Gasteiger partial charge in [-0.2, -0.15) is 13.2 Å². The monoisotopic (exact) mass is 542 g/mol. The second kappa shape index (κ2) is 10.4. The van der Waals surface area contributed by atoms with E-state index in [1.807, 2.05) is 48.5 Å². The molecule has 39 heavy (non-hydrogen) atoms. The number of benzene rings is 1. The number of para-hydroxylation sites is 1. The first-order chi connectivity index (χ1) is 18.3. The average molecular weight is 543 g/mol. The zero-order chi connectivity index (χ0) is 28.5. The summed E-state index contributed by atoms with van der Waals surface area (Å²) in [4.78, 5) is 43.5. The molecule has 0 saturated heterocycles. The number of carbonyl (C=O) groups is 3. The molecule has 0 aliphatic carbocycles. The molecule has 4 N–H and O–H groups in total. The summed E-state index contributed by atoms with van der Waals surface area (Å²) >= 11 is 0. The number of pyridine rings is 1. The summed E-state index contributed by atoms with van der Waals surface area (Å²) in [5.41, 5.74) is 5.17. The largest absolute Gasteiger partial charge is 0.490 e. The maximum Gasteiger partial charge on any atom is 0.490 e. The van der Waals surface area contributed by atoms with Crippen LogP contribution in [0.1, 0.15) is 41.2 Å². The number of carboxylic acid groups (broad SMARTS) is 1. The number of hydrogen-bond donors (Lipinski definition) is 4. The molecule has 0 unspecified atom stereocenters. The normalized spacial score (nSPS) is 14.8. The van der Waals surface area contributed by atoms with Gasteiger partial charge in [0.2, 0.25) is 0 Å². The molecule has 12 heteroatoms. The van der Waals surface area contributed by atoms with Gasteiger partial charge in [-0.25, -0.2) is 4.79 Å². The number of aromatic nitrogens is 2.